The van der Waals surface area contributed by atoms with Gasteiger partial charge < -0.3 is 5.32 Å². The maximum atomic E-state index is 12.3. The molecule has 1 amide bonds. The van der Waals surface area contributed by atoms with Crippen molar-refractivity contribution in [1.82, 2.24) is 19.7 Å². The van der Waals surface area contributed by atoms with E-state index in [0.717, 1.165) is 10.4 Å². The first-order valence-corrected chi connectivity index (χ1v) is 7.12. The van der Waals surface area contributed by atoms with E-state index in [2.05, 4.69) is 15.3 Å². The van der Waals surface area contributed by atoms with Crippen LogP contribution in [-0.2, 0) is 6.54 Å². The van der Waals surface area contributed by atoms with Crippen LogP contribution in [0.3, 0.4) is 0 Å². The molecule has 7 heteroatoms. The normalized spacial score (nSPS) is 10.7. The maximum absolute atomic E-state index is 12.3. The summed E-state index contributed by atoms with van der Waals surface area (Å²) in [6.07, 6.45) is 6.34. The predicted octanol–water partition coefficient (Wildman–Crippen LogP) is 1.39. The molecule has 0 unspecified atom stereocenters. The lowest BCUT2D eigenvalue weighted by Crippen LogP contribution is -2.30. The largest absolute Gasteiger partial charge is 0.348 e. The minimum absolute atomic E-state index is 0.0363. The topological polar surface area (TPSA) is 76.4 Å². The smallest absolute Gasteiger partial charge is 0.271 e. The molecule has 3 heterocycles. The molecule has 6 nitrogen and oxygen atoms in total. The molecule has 0 saturated heterocycles. The van der Waals surface area contributed by atoms with Crippen LogP contribution in [0.15, 0.2) is 41.7 Å². The summed E-state index contributed by atoms with van der Waals surface area (Å²) in [6.45, 7) is 2.21. The molecule has 0 spiro atoms. The molecule has 0 radical (unpaired) electrons. The van der Waals surface area contributed by atoms with Crippen LogP contribution >= 0.6 is 11.3 Å². The third kappa shape index (κ3) is 2.68. The number of fused-ring (bicyclic) bond motifs is 1. The van der Waals surface area contributed by atoms with Crippen LogP contribution in [0.1, 0.15) is 20.8 Å². The number of thiazole rings is 1. The van der Waals surface area contributed by atoms with Crippen molar-refractivity contribution in [2.45, 2.75) is 13.5 Å². The van der Waals surface area contributed by atoms with E-state index in [1.54, 1.807) is 24.7 Å². The number of pyridine rings is 1. The van der Waals surface area contributed by atoms with E-state index in [9.17, 15) is 9.59 Å². The van der Waals surface area contributed by atoms with Crippen LogP contribution in [0.25, 0.3) is 4.96 Å². The summed E-state index contributed by atoms with van der Waals surface area (Å²) in [5.74, 6) is -0.436. The summed E-state index contributed by atoms with van der Waals surface area (Å²) in [4.78, 5) is 34.0. The first-order chi connectivity index (χ1) is 10.1. The fourth-order valence-electron chi connectivity index (χ4n) is 1.93. The molecule has 3 rings (SSSR count). The highest BCUT2D eigenvalue weighted by Gasteiger charge is 2.14. The second kappa shape index (κ2) is 5.45. The van der Waals surface area contributed by atoms with E-state index in [0.29, 0.717) is 11.5 Å². The van der Waals surface area contributed by atoms with Crippen LogP contribution in [0.4, 0.5) is 0 Å². The zero-order chi connectivity index (χ0) is 14.8. The van der Waals surface area contributed by atoms with Crippen LogP contribution in [0, 0.1) is 6.92 Å². The Morgan fingerprint density at radius 1 is 1.43 bits per heavy atom. The second-order valence-corrected chi connectivity index (χ2v) is 5.73. The number of aryl methyl sites for hydroxylation is 1. The van der Waals surface area contributed by atoms with Gasteiger partial charge in [-0.05, 0) is 18.6 Å². The van der Waals surface area contributed by atoms with Gasteiger partial charge in [0.05, 0.1) is 0 Å². The molecule has 106 valence electrons. The number of hydrogen-bond acceptors (Lipinski definition) is 5. The van der Waals surface area contributed by atoms with Crippen molar-refractivity contribution in [2.75, 3.05) is 0 Å². The summed E-state index contributed by atoms with van der Waals surface area (Å²) in [7, 11) is 0. The van der Waals surface area contributed by atoms with Crippen molar-refractivity contribution in [3.63, 3.8) is 0 Å². The van der Waals surface area contributed by atoms with Crippen LogP contribution < -0.4 is 10.9 Å². The third-order valence-corrected chi connectivity index (χ3v) is 3.86. The first-order valence-electron chi connectivity index (χ1n) is 6.30. The van der Waals surface area contributed by atoms with Gasteiger partial charge in [0.2, 0.25) is 0 Å². The maximum Gasteiger partial charge on any atom is 0.271 e. The number of nitrogens with zero attached hydrogens (tertiary/aromatic N) is 3. The molecule has 0 aliphatic rings. The molecular weight excluding hydrogens is 288 g/mol. The summed E-state index contributed by atoms with van der Waals surface area (Å²) in [5.41, 5.74) is 0.550. The van der Waals surface area contributed by atoms with E-state index < -0.39 is 5.91 Å². The molecule has 0 saturated carbocycles. The summed E-state index contributed by atoms with van der Waals surface area (Å²) in [5, 5.41) is 2.70. The summed E-state index contributed by atoms with van der Waals surface area (Å²) in [6, 6.07) is 3.64. The Labute approximate surface area is 124 Å². The quantitative estimate of drug-likeness (QED) is 0.793. The van der Waals surface area contributed by atoms with Gasteiger partial charge in [0.1, 0.15) is 5.56 Å². The summed E-state index contributed by atoms with van der Waals surface area (Å²) < 4.78 is 1.40. The highest BCUT2D eigenvalue weighted by molar-refractivity contribution is 7.16. The standard InChI is InChI=1S/C14H12N4O2S/c1-9-8-18-13(20)11(7-17-14(18)21-9)12(19)16-6-10-3-2-4-15-5-10/h2-5,7-8H,6H2,1H3,(H,16,19). The van der Waals surface area contributed by atoms with Crippen molar-refractivity contribution in [1.29, 1.82) is 0 Å². The number of carbonyl (C=O) groups excluding carboxylic acids is 1. The average molecular weight is 300 g/mol. The van der Waals surface area contributed by atoms with E-state index >= 15 is 0 Å². The molecule has 3 aromatic heterocycles. The Hall–Kier alpha value is -2.54. The van der Waals surface area contributed by atoms with E-state index in [4.69, 9.17) is 0 Å². The van der Waals surface area contributed by atoms with Crippen molar-refractivity contribution in [3.05, 3.63) is 63.3 Å². The van der Waals surface area contributed by atoms with Crippen LogP contribution in [-0.4, -0.2) is 20.3 Å². The number of rotatable bonds is 3. The SMILES string of the molecule is Cc1cn2c(=O)c(C(=O)NCc3cccnc3)cnc2s1. The van der Waals surface area contributed by atoms with Crippen LogP contribution in [0.2, 0.25) is 0 Å². The Balaban J connectivity index is 1.85. The van der Waals surface area contributed by atoms with Gasteiger partial charge in [0, 0.05) is 36.2 Å². The van der Waals surface area contributed by atoms with Crippen molar-refractivity contribution >= 4 is 22.2 Å². The fourth-order valence-corrected chi connectivity index (χ4v) is 2.72. The third-order valence-electron chi connectivity index (χ3n) is 2.94. The molecule has 0 atom stereocenters. The fraction of sp³-hybridized carbons (Fsp3) is 0.143. The van der Waals surface area contributed by atoms with Gasteiger partial charge in [0.15, 0.2) is 4.96 Å². The molecule has 0 aliphatic carbocycles. The number of aromatic nitrogens is 3. The molecule has 3 aromatic rings. The average Bonchev–Trinajstić information content (AvgIpc) is 2.88. The predicted molar refractivity (Wildman–Crippen MR) is 79.5 cm³/mol. The highest BCUT2D eigenvalue weighted by Crippen LogP contribution is 2.12. The van der Waals surface area contributed by atoms with Gasteiger partial charge in [-0.3, -0.25) is 19.0 Å². The minimum Gasteiger partial charge on any atom is -0.348 e. The number of hydrogen-bond donors (Lipinski definition) is 1. The Bertz CT molecular complexity index is 854. The van der Waals surface area contributed by atoms with Crippen molar-refractivity contribution in [2.24, 2.45) is 0 Å². The lowest BCUT2D eigenvalue weighted by Gasteiger charge is -2.04. The molecule has 0 aromatic carbocycles. The summed E-state index contributed by atoms with van der Waals surface area (Å²) >= 11 is 1.41. The monoisotopic (exact) mass is 300 g/mol. The lowest BCUT2D eigenvalue weighted by molar-refractivity contribution is 0.0949. The van der Waals surface area contributed by atoms with E-state index in [-0.39, 0.29) is 11.1 Å². The van der Waals surface area contributed by atoms with Gasteiger partial charge in [0.25, 0.3) is 11.5 Å². The molecule has 0 bridgehead atoms. The zero-order valence-corrected chi connectivity index (χ0v) is 12.1. The molecule has 0 aliphatic heterocycles. The molecule has 21 heavy (non-hydrogen) atoms. The van der Waals surface area contributed by atoms with Crippen LogP contribution in [0.5, 0.6) is 0 Å². The van der Waals surface area contributed by atoms with Gasteiger partial charge in [-0.2, -0.15) is 0 Å². The molecule has 0 fully saturated rings. The highest BCUT2D eigenvalue weighted by atomic mass is 32.1. The van der Waals surface area contributed by atoms with Crippen molar-refractivity contribution in [3.8, 4) is 0 Å². The van der Waals surface area contributed by atoms with Gasteiger partial charge in [-0.25, -0.2) is 4.98 Å². The molecule has 1 N–H and O–H groups in total. The van der Waals surface area contributed by atoms with Gasteiger partial charge in [-0.1, -0.05) is 6.07 Å². The zero-order valence-electron chi connectivity index (χ0n) is 11.2. The second-order valence-electron chi connectivity index (χ2n) is 4.52. The molecular formula is C14H12N4O2S. The van der Waals surface area contributed by atoms with E-state index in [1.807, 2.05) is 13.0 Å². The van der Waals surface area contributed by atoms with Gasteiger partial charge >= 0.3 is 0 Å². The van der Waals surface area contributed by atoms with Crippen molar-refractivity contribution < 1.29 is 4.79 Å². The first kappa shape index (κ1) is 13.4. The lowest BCUT2D eigenvalue weighted by atomic mass is 10.2. The van der Waals surface area contributed by atoms with E-state index in [1.165, 1.54) is 21.9 Å². The number of nitrogens with one attached hydrogen (secondary N) is 1. The van der Waals surface area contributed by atoms with Gasteiger partial charge in [-0.15, -0.1) is 11.3 Å². The number of carbonyl (C=O) groups is 1. The number of amides is 1. The Morgan fingerprint density at radius 3 is 3.05 bits per heavy atom. The minimum atomic E-state index is -0.436. The Morgan fingerprint density at radius 2 is 2.29 bits per heavy atom. The Kier molecular flexibility index (Phi) is 3.49.